The van der Waals surface area contributed by atoms with Crippen LogP contribution in [0, 0.1) is 25.2 Å². The molecule has 3 heterocycles. The van der Waals surface area contributed by atoms with E-state index in [4.69, 9.17) is 10.5 Å². The molecule has 4 aromatic rings. The third kappa shape index (κ3) is 4.80. The summed E-state index contributed by atoms with van der Waals surface area (Å²) in [6.07, 6.45) is -1.10. The number of hydrogen-bond acceptors (Lipinski definition) is 7. The number of nitrogens with zero attached hydrogens (tertiary/aromatic N) is 6. The molecule has 0 radical (unpaired) electrons. The minimum atomic E-state index is -2.77. The average molecular weight is 476 g/mol. The van der Waals surface area contributed by atoms with Gasteiger partial charge in [0.05, 0.1) is 28.6 Å². The zero-order chi connectivity index (χ0) is 25.1. The van der Waals surface area contributed by atoms with Crippen LogP contribution in [0.4, 0.5) is 14.7 Å². The molecule has 8 nitrogen and oxygen atoms in total. The van der Waals surface area contributed by atoms with Gasteiger partial charge in [-0.25, -0.2) is 13.8 Å². The van der Waals surface area contributed by atoms with E-state index in [0.29, 0.717) is 45.7 Å². The molecule has 178 valence electrons. The maximum absolute atomic E-state index is 13.6. The topological polar surface area (TPSA) is 116 Å². The lowest BCUT2D eigenvalue weighted by Gasteiger charge is -2.18. The van der Waals surface area contributed by atoms with Gasteiger partial charge in [0.1, 0.15) is 12.3 Å². The highest BCUT2D eigenvalue weighted by atomic mass is 19.3. The molecule has 2 N–H and O–H groups in total. The van der Waals surface area contributed by atoms with Gasteiger partial charge in [-0.3, -0.25) is 9.67 Å². The molecule has 0 amide bonds. The maximum atomic E-state index is 13.6. The van der Waals surface area contributed by atoms with Crippen molar-refractivity contribution in [2.24, 2.45) is 0 Å². The van der Waals surface area contributed by atoms with Crippen LogP contribution in [-0.2, 0) is 13.2 Å². The van der Waals surface area contributed by atoms with Crippen LogP contribution in [0.2, 0.25) is 0 Å². The van der Waals surface area contributed by atoms with Crippen LogP contribution in [0.25, 0.3) is 22.4 Å². The normalized spacial score (nSPS) is 11.0. The first-order valence-electron chi connectivity index (χ1n) is 10.9. The first-order valence-corrected chi connectivity index (χ1v) is 10.9. The van der Waals surface area contributed by atoms with E-state index >= 15 is 0 Å². The van der Waals surface area contributed by atoms with Crippen LogP contribution >= 0.6 is 0 Å². The van der Waals surface area contributed by atoms with Crippen LogP contribution in [0.5, 0.6) is 5.88 Å². The molecule has 0 saturated heterocycles. The van der Waals surface area contributed by atoms with Crippen molar-refractivity contribution in [3.63, 3.8) is 0 Å². The van der Waals surface area contributed by atoms with Gasteiger partial charge in [-0.15, -0.1) is 0 Å². The summed E-state index contributed by atoms with van der Waals surface area (Å²) in [6.45, 7) is 6.16. The number of alkyl halides is 2. The molecule has 35 heavy (non-hydrogen) atoms. The van der Waals surface area contributed by atoms with Crippen molar-refractivity contribution in [3.05, 3.63) is 70.8 Å². The van der Waals surface area contributed by atoms with Crippen LogP contribution < -0.4 is 10.5 Å². The van der Waals surface area contributed by atoms with Gasteiger partial charge < -0.3 is 10.5 Å². The number of nitriles is 1. The molecule has 0 bridgehead atoms. The number of hydrogen-bond donors (Lipinski definition) is 1. The summed E-state index contributed by atoms with van der Waals surface area (Å²) in [4.78, 5) is 12.7. The first-order chi connectivity index (χ1) is 16.8. The van der Waals surface area contributed by atoms with Gasteiger partial charge in [-0.2, -0.15) is 15.3 Å². The van der Waals surface area contributed by atoms with E-state index in [2.05, 4.69) is 26.1 Å². The first kappa shape index (κ1) is 23.8. The summed E-state index contributed by atoms with van der Waals surface area (Å²) in [5, 5.41) is 13.8. The van der Waals surface area contributed by atoms with Gasteiger partial charge in [-0.1, -0.05) is 12.1 Å². The molecule has 0 aliphatic rings. The maximum Gasteiger partial charge on any atom is 0.280 e. The van der Waals surface area contributed by atoms with Crippen molar-refractivity contribution in [1.82, 2.24) is 24.7 Å². The SMILES string of the molecule is CCn1nccc1COc1nc(N)nc(-c2cccc(C#N)c2C)c1-c1cc(C)nc(C(F)F)c1. The predicted molar refractivity (Wildman–Crippen MR) is 126 cm³/mol. The second-order valence-corrected chi connectivity index (χ2v) is 7.85. The summed E-state index contributed by atoms with van der Waals surface area (Å²) in [5.41, 5.74) is 9.79. The van der Waals surface area contributed by atoms with Gasteiger partial charge >= 0.3 is 0 Å². The molecule has 0 spiro atoms. The highest BCUT2D eigenvalue weighted by Gasteiger charge is 2.23. The van der Waals surface area contributed by atoms with E-state index in [9.17, 15) is 14.0 Å². The number of halogens is 2. The van der Waals surface area contributed by atoms with Crippen molar-refractivity contribution >= 4 is 5.95 Å². The van der Waals surface area contributed by atoms with E-state index in [1.807, 2.05) is 13.0 Å². The van der Waals surface area contributed by atoms with Crippen LogP contribution in [-0.4, -0.2) is 24.7 Å². The molecule has 4 rings (SSSR count). The Hall–Kier alpha value is -4.39. The number of aromatic nitrogens is 5. The molecule has 0 unspecified atom stereocenters. The number of ether oxygens (including phenoxy) is 1. The van der Waals surface area contributed by atoms with Gasteiger partial charge in [0.25, 0.3) is 6.43 Å². The molecule has 0 saturated carbocycles. The fraction of sp³-hybridized carbons (Fsp3) is 0.240. The Bertz CT molecular complexity index is 1430. The largest absolute Gasteiger partial charge is 0.471 e. The van der Waals surface area contributed by atoms with E-state index in [-0.39, 0.29) is 24.1 Å². The Morgan fingerprint density at radius 2 is 1.94 bits per heavy atom. The highest BCUT2D eigenvalue weighted by molar-refractivity contribution is 5.86. The van der Waals surface area contributed by atoms with Crippen molar-refractivity contribution in [2.45, 2.75) is 40.3 Å². The van der Waals surface area contributed by atoms with Gasteiger partial charge in [0.2, 0.25) is 11.8 Å². The number of anilines is 1. The van der Waals surface area contributed by atoms with E-state index in [0.717, 1.165) is 5.69 Å². The van der Waals surface area contributed by atoms with E-state index in [1.54, 1.807) is 49.0 Å². The Labute approximate surface area is 201 Å². The molecular weight excluding hydrogens is 452 g/mol. The molecule has 0 atom stereocenters. The van der Waals surface area contributed by atoms with Gasteiger partial charge in [-0.05, 0) is 56.2 Å². The van der Waals surface area contributed by atoms with Crippen LogP contribution in [0.3, 0.4) is 0 Å². The zero-order valence-corrected chi connectivity index (χ0v) is 19.5. The molecule has 0 aliphatic heterocycles. The van der Waals surface area contributed by atoms with Crippen molar-refractivity contribution < 1.29 is 13.5 Å². The second-order valence-electron chi connectivity index (χ2n) is 7.85. The van der Waals surface area contributed by atoms with E-state index < -0.39 is 6.43 Å². The molecule has 1 aromatic carbocycles. The second kappa shape index (κ2) is 9.85. The summed E-state index contributed by atoms with van der Waals surface area (Å²) in [5.74, 6) is 0.0771. The molecular formula is C25H23F2N7O. The molecule has 0 aliphatic carbocycles. The van der Waals surface area contributed by atoms with Crippen LogP contribution in [0.15, 0.2) is 42.6 Å². The number of nitrogen functional groups attached to an aromatic ring is 1. The molecule has 0 fully saturated rings. The third-order valence-electron chi connectivity index (χ3n) is 5.55. The Balaban J connectivity index is 1.96. The molecule has 10 heteroatoms. The Morgan fingerprint density at radius 1 is 1.14 bits per heavy atom. The number of benzene rings is 1. The number of nitrogens with two attached hydrogens (primary N) is 1. The minimum Gasteiger partial charge on any atom is -0.471 e. The fourth-order valence-electron chi connectivity index (χ4n) is 3.89. The van der Waals surface area contributed by atoms with Crippen molar-refractivity contribution in [2.75, 3.05) is 5.73 Å². The van der Waals surface area contributed by atoms with Gasteiger partial charge in [0, 0.05) is 24.0 Å². The lowest BCUT2D eigenvalue weighted by Crippen LogP contribution is -2.10. The zero-order valence-electron chi connectivity index (χ0n) is 19.5. The third-order valence-corrected chi connectivity index (χ3v) is 5.55. The lowest BCUT2D eigenvalue weighted by molar-refractivity contribution is 0.146. The fourth-order valence-corrected chi connectivity index (χ4v) is 3.89. The number of aryl methyl sites for hydroxylation is 2. The van der Waals surface area contributed by atoms with Crippen molar-refractivity contribution in [3.8, 4) is 34.3 Å². The summed E-state index contributed by atoms with van der Waals surface area (Å²) >= 11 is 0. The monoisotopic (exact) mass is 475 g/mol. The predicted octanol–water partition coefficient (Wildman–Crippen LogP) is 5.01. The number of pyridine rings is 1. The van der Waals surface area contributed by atoms with E-state index in [1.165, 1.54) is 6.07 Å². The average Bonchev–Trinajstić information content (AvgIpc) is 3.29. The minimum absolute atomic E-state index is 0.0515. The van der Waals surface area contributed by atoms with Crippen LogP contribution in [0.1, 0.15) is 41.6 Å². The lowest BCUT2D eigenvalue weighted by atomic mass is 9.94. The Kier molecular flexibility index (Phi) is 6.68. The summed E-state index contributed by atoms with van der Waals surface area (Å²) in [6, 6.07) is 12.1. The smallest absolute Gasteiger partial charge is 0.280 e. The standard InChI is InChI=1S/C25H23F2N7O/c1-4-34-18(8-9-30-34)13-35-24-21(17-10-14(2)31-20(11-17)23(26)27)22(32-25(29)33-24)19-7-5-6-16(12-28)15(19)3/h5-11,23H,4,13H2,1-3H3,(H2,29,32,33). The van der Waals surface area contributed by atoms with Crippen molar-refractivity contribution in [1.29, 1.82) is 5.26 Å². The highest BCUT2D eigenvalue weighted by Crippen LogP contribution is 2.40. The van der Waals surface area contributed by atoms with Gasteiger partial charge in [0.15, 0.2) is 0 Å². The Morgan fingerprint density at radius 3 is 2.66 bits per heavy atom. The number of rotatable bonds is 7. The quantitative estimate of drug-likeness (QED) is 0.399. The molecule has 3 aromatic heterocycles. The summed E-state index contributed by atoms with van der Waals surface area (Å²) in [7, 11) is 0. The summed E-state index contributed by atoms with van der Waals surface area (Å²) < 4.78 is 35.1.